The van der Waals surface area contributed by atoms with E-state index >= 15 is 0 Å². The van der Waals surface area contributed by atoms with Gasteiger partial charge in [-0.25, -0.2) is 0 Å². The van der Waals surface area contributed by atoms with Crippen molar-refractivity contribution in [3.63, 3.8) is 0 Å². The van der Waals surface area contributed by atoms with Gasteiger partial charge in [0, 0.05) is 17.3 Å². The van der Waals surface area contributed by atoms with Gasteiger partial charge in [-0.1, -0.05) is 18.2 Å². The molecule has 4 nitrogen and oxygen atoms in total. The third-order valence-corrected chi connectivity index (χ3v) is 4.13. The van der Waals surface area contributed by atoms with Gasteiger partial charge in [-0.05, 0) is 50.2 Å². The standard InChI is InChI=1S/C17H19N3O/c1-20-9-3-6-16(20)15-8-7-14(11-19-15)12-4-2-5-13(10-12)17(18)21/h2,4-5,7-8,10-11,16H,3,6,9H2,1H3,(H2,18,21). The second kappa shape index (κ2) is 5.66. The second-order valence-corrected chi connectivity index (χ2v) is 5.56. The Bertz CT molecular complexity index is 651. The molecule has 108 valence electrons. The van der Waals surface area contributed by atoms with Crippen LogP contribution >= 0.6 is 0 Å². The molecule has 2 heterocycles. The Balaban J connectivity index is 1.87. The van der Waals surface area contributed by atoms with Gasteiger partial charge in [0.25, 0.3) is 0 Å². The van der Waals surface area contributed by atoms with Crippen LogP contribution in [0, 0.1) is 0 Å². The summed E-state index contributed by atoms with van der Waals surface area (Å²) in [4.78, 5) is 18.2. The van der Waals surface area contributed by atoms with Crippen molar-refractivity contribution in [2.45, 2.75) is 18.9 Å². The maximum Gasteiger partial charge on any atom is 0.248 e. The number of carbonyl (C=O) groups excluding carboxylic acids is 1. The molecular formula is C17H19N3O. The van der Waals surface area contributed by atoms with E-state index in [0.717, 1.165) is 23.4 Å². The van der Waals surface area contributed by atoms with Crippen LogP contribution in [0.3, 0.4) is 0 Å². The molecule has 1 saturated heterocycles. The number of rotatable bonds is 3. The van der Waals surface area contributed by atoms with Crippen LogP contribution in [-0.2, 0) is 0 Å². The van der Waals surface area contributed by atoms with E-state index in [9.17, 15) is 4.79 Å². The fourth-order valence-corrected chi connectivity index (χ4v) is 2.91. The lowest BCUT2D eigenvalue weighted by atomic mass is 10.0. The highest BCUT2D eigenvalue weighted by molar-refractivity contribution is 5.94. The summed E-state index contributed by atoms with van der Waals surface area (Å²) in [6, 6.07) is 11.9. The zero-order valence-electron chi connectivity index (χ0n) is 12.1. The summed E-state index contributed by atoms with van der Waals surface area (Å²) in [7, 11) is 2.14. The molecule has 0 spiro atoms. The Kier molecular flexibility index (Phi) is 3.71. The van der Waals surface area contributed by atoms with Gasteiger partial charge in [-0.15, -0.1) is 0 Å². The number of pyridine rings is 1. The molecular weight excluding hydrogens is 262 g/mol. The molecule has 1 aliphatic heterocycles. The molecule has 0 saturated carbocycles. The van der Waals surface area contributed by atoms with Gasteiger partial charge in [0.15, 0.2) is 0 Å². The van der Waals surface area contributed by atoms with Crippen molar-refractivity contribution in [1.29, 1.82) is 0 Å². The average Bonchev–Trinajstić information content (AvgIpc) is 2.94. The van der Waals surface area contributed by atoms with Crippen molar-refractivity contribution in [3.05, 3.63) is 53.9 Å². The van der Waals surface area contributed by atoms with Crippen LogP contribution in [0.15, 0.2) is 42.6 Å². The summed E-state index contributed by atoms with van der Waals surface area (Å²) < 4.78 is 0. The number of hydrogen-bond donors (Lipinski definition) is 1. The number of aromatic nitrogens is 1. The number of hydrogen-bond acceptors (Lipinski definition) is 3. The third kappa shape index (κ3) is 2.81. The van der Waals surface area contributed by atoms with Crippen LogP contribution in [0.4, 0.5) is 0 Å². The van der Waals surface area contributed by atoms with E-state index in [2.05, 4.69) is 29.1 Å². The summed E-state index contributed by atoms with van der Waals surface area (Å²) in [5.74, 6) is -0.408. The summed E-state index contributed by atoms with van der Waals surface area (Å²) in [6.45, 7) is 1.13. The first-order chi connectivity index (χ1) is 10.1. The summed E-state index contributed by atoms with van der Waals surface area (Å²) >= 11 is 0. The topological polar surface area (TPSA) is 59.2 Å². The predicted octanol–water partition coefficient (Wildman–Crippen LogP) is 2.61. The van der Waals surface area contributed by atoms with Crippen LogP contribution in [0.25, 0.3) is 11.1 Å². The minimum Gasteiger partial charge on any atom is -0.366 e. The van der Waals surface area contributed by atoms with Gasteiger partial charge >= 0.3 is 0 Å². The number of likely N-dealkylation sites (tertiary alicyclic amines) is 1. The summed E-state index contributed by atoms with van der Waals surface area (Å²) in [5.41, 5.74) is 8.92. The number of benzene rings is 1. The minimum absolute atomic E-state index is 0.408. The second-order valence-electron chi connectivity index (χ2n) is 5.56. The zero-order valence-corrected chi connectivity index (χ0v) is 12.1. The molecule has 2 aromatic rings. The largest absolute Gasteiger partial charge is 0.366 e. The fraction of sp³-hybridized carbons (Fsp3) is 0.294. The molecule has 3 rings (SSSR count). The van der Waals surface area contributed by atoms with E-state index in [4.69, 9.17) is 5.73 Å². The van der Waals surface area contributed by atoms with Gasteiger partial charge in [0.05, 0.1) is 11.7 Å². The SMILES string of the molecule is CN1CCCC1c1ccc(-c2cccc(C(N)=O)c2)cn1. The number of amides is 1. The number of nitrogens with two attached hydrogens (primary N) is 1. The van der Waals surface area contributed by atoms with E-state index < -0.39 is 5.91 Å². The Labute approximate surface area is 124 Å². The fourth-order valence-electron chi connectivity index (χ4n) is 2.91. The van der Waals surface area contributed by atoms with Crippen molar-refractivity contribution in [1.82, 2.24) is 9.88 Å². The Morgan fingerprint density at radius 2 is 2.14 bits per heavy atom. The lowest BCUT2D eigenvalue weighted by Crippen LogP contribution is -2.18. The lowest BCUT2D eigenvalue weighted by Gasteiger charge is -2.18. The number of primary amides is 1. The first kappa shape index (κ1) is 13.8. The molecule has 1 aromatic heterocycles. The highest BCUT2D eigenvalue weighted by Crippen LogP contribution is 2.30. The van der Waals surface area contributed by atoms with Gasteiger partial charge in [0.2, 0.25) is 5.91 Å². The molecule has 0 aliphatic carbocycles. The predicted molar refractivity (Wildman–Crippen MR) is 82.8 cm³/mol. The van der Waals surface area contributed by atoms with Crippen LogP contribution in [-0.4, -0.2) is 29.4 Å². The zero-order chi connectivity index (χ0) is 14.8. The normalized spacial score (nSPS) is 18.8. The monoisotopic (exact) mass is 281 g/mol. The molecule has 0 radical (unpaired) electrons. The molecule has 1 fully saturated rings. The molecule has 1 aliphatic rings. The third-order valence-electron chi connectivity index (χ3n) is 4.13. The van der Waals surface area contributed by atoms with E-state index in [-0.39, 0.29) is 0 Å². The van der Waals surface area contributed by atoms with Crippen molar-refractivity contribution in [2.24, 2.45) is 5.73 Å². The van der Waals surface area contributed by atoms with Crippen LogP contribution < -0.4 is 5.73 Å². The molecule has 1 aromatic carbocycles. The maximum absolute atomic E-state index is 11.2. The highest BCUT2D eigenvalue weighted by atomic mass is 16.1. The van der Waals surface area contributed by atoms with Gasteiger partial charge in [-0.2, -0.15) is 0 Å². The highest BCUT2D eigenvalue weighted by Gasteiger charge is 2.23. The van der Waals surface area contributed by atoms with E-state index in [0.29, 0.717) is 11.6 Å². The van der Waals surface area contributed by atoms with Crippen molar-refractivity contribution >= 4 is 5.91 Å². The first-order valence-electron chi connectivity index (χ1n) is 7.21. The summed E-state index contributed by atoms with van der Waals surface area (Å²) in [6.07, 6.45) is 4.27. The first-order valence-corrected chi connectivity index (χ1v) is 7.21. The van der Waals surface area contributed by atoms with E-state index in [1.807, 2.05) is 18.3 Å². The smallest absolute Gasteiger partial charge is 0.248 e. The van der Waals surface area contributed by atoms with E-state index in [1.165, 1.54) is 12.8 Å². The average molecular weight is 281 g/mol. The molecule has 0 bridgehead atoms. The molecule has 21 heavy (non-hydrogen) atoms. The number of nitrogens with zero attached hydrogens (tertiary/aromatic N) is 2. The Morgan fingerprint density at radius 1 is 1.29 bits per heavy atom. The van der Waals surface area contributed by atoms with Crippen molar-refractivity contribution in [3.8, 4) is 11.1 Å². The minimum atomic E-state index is -0.408. The molecule has 1 atom stereocenters. The molecule has 1 unspecified atom stereocenters. The Morgan fingerprint density at radius 3 is 2.76 bits per heavy atom. The Hall–Kier alpha value is -2.20. The van der Waals surface area contributed by atoms with E-state index in [1.54, 1.807) is 12.1 Å². The quantitative estimate of drug-likeness (QED) is 0.940. The van der Waals surface area contributed by atoms with Crippen molar-refractivity contribution in [2.75, 3.05) is 13.6 Å². The number of carbonyl (C=O) groups is 1. The van der Waals surface area contributed by atoms with Crippen LogP contribution in [0.5, 0.6) is 0 Å². The summed E-state index contributed by atoms with van der Waals surface area (Å²) in [5, 5.41) is 0. The molecule has 4 heteroatoms. The van der Waals surface area contributed by atoms with Crippen LogP contribution in [0.1, 0.15) is 34.9 Å². The van der Waals surface area contributed by atoms with Gasteiger partial charge < -0.3 is 5.73 Å². The van der Waals surface area contributed by atoms with Gasteiger partial charge in [-0.3, -0.25) is 14.7 Å². The van der Waals surface area contributed by atoms with Crippen LogP contribution in [0.2, 0.25) is 0 Å². The van der Waals surface area contributed by atoms with Gasteiger partial charge in [0.1, 0.15) is 0 Å². The molecule has 1 amide bonds. The lowest BCUT2D eigenvalue weighted by molar-refractivity contribution is 0.100. The van der Waals surface area contributed by atoms with Crippen molar-refractivity contribution < 1.29 is 4.79 Å². The maximum atomic E-state index is 11.2. The molecule has 2 N–H and O–H groups in total.